The van der Waals surface area contributed by atoms with Crippen LogP contribution in [0.25, 0.3) is 0 Å². The topological polar surface area (TPSA) is 63.9 Å². The Labute approximate surface area is 207 Å². The van der Waals surface area contributed by atoms with E-state index in [0.717, 1.165) is 37.8 Å². The van der Waals surface area contributed by atoms with Gasteiger partial charge in [-0.2, -0.15) is 13.2 Å². The third-order valence-electron chi connectivity index (χ3n) is 9.78. The second kappa shape index (κ2) is 9.96. The third kappa shape index (κ3) is 5.29. The van der Waals surface area contributed by atoms with E-state index in [4.69, 9.17) is 0 Å². The van der Waals surface area contributed by atoms with Crippen molar-refractivity contribution in [2.45, 2.75) is 95.6 Å². The molecular weight excluding hydrogens is 455 g/mol. The van der Waals surface area contributed by atoms with E-state index < -0.39 is 24.0 Å². The predicted octanol–water partition coefficient (Wildman–Crippen LogP) is 5.15. The van der Waals surface area contributed by atoms with E-state index in [1.54, 1.807) is 0 Å². The van der Waals surface area contributed by atoms with Gasteiger partial charge in [-0.25, -0.2) is 0 Å². The molecule has 0 aromatic heterocycles. The molecule has 4 rings (SSSR count). The van der Waals surface area contributed by atoms with Gasteiger partial charge < -0.3 is 20.2 Å². The molecule has 7 heteroatoms. The number of aliphatic hydroxyl groups excluding tert-OH is 2. The van der Waals surface area contributed by atoms with Crippen LogP contribution < -0.4 is 0 Å². The number of piperidine rings is 1. The molecule has 0 bridgehead atoms. The van der Waals surface area contributed by atoms with Crippen LogP contribution in [0.2, 0.25) is 0 Å². The van der Waals surface area contributed by atoms with Crippen molar-refractivity contribution in [1.29, 1.82) is 0 Å². The van der Waals surface area contributed by atoms with Crippen LogP contribution in [0.4, 0.5) is 13.2 Å². The van der Waals surface area contributed by atoms with Gasteiger partial charge in [-0.1, -0.05) is 43.7 Å². The molecule has 0 spiro atoms. The summed E-state index contributed by atoms with van der Waals surface area (Å²) < 4.78 is 39.5. The van der Waals surface area contributed by atoms with Gasteiger partial charge in [-0.05, 0) is 86.5 Å². The maximum Gasteiger partial charge on any atom is 0.417 e. The van der Waals surface area contributed by atoms with Crippen molar-refractivity contribution in [2.75, 3.05) is 19.6 Å². The molecule has 4 nitrogen and oxygen atoms in total. The normalized spacial score (nSPS) is 38.5. The SMILES string of the molecule is C=C1[C@H](O)CC(=C/C=C2\CCC[C@]3(C)[C@@H](C(C)CN4CCC(O)(C(F)(F)F)CC4)CC[C@@H]23)C[C@H]1O. The predicted molar refractivity (Wildman–Crippen MR) is 131 cm³/mol. The number of alkyl halides is 3. The Kier molecular flexibility index (Phi) is 7.65. The minimum absolute atomic E-state index is 0.185. The first kappa shape index (κ1) is 26.9. The minimum atomic E-state index is -4.56. The highest BCUT2D eigenvalue weighted by Gasteiger charge is 2.55. The first-order valence-electron chi connectivity index (χ1n) is 13.3. The van der Waals surface area contributed by atoms with Crippen molar-refractivity contribution >= 4 is 0 Å². The van der Waals surface area contributed by atoms with Crippen LogP contribution in [-0.2, 0) is 0 Å². The Bertz CT molecular complexity index is 842. The van der Waals surface area contributed by atoms with E-state index >= 15 is 0 Å². The molecule has 1 unspecified atom stereocenters. The van der Waals surface area contributed by atoms with Crippen LogP contribution in [0.15, 0.2) is 35.5 Å². The molecule has 4 aliphatic rings. The quantitative estimate of drug-likeness (QED) is 0.470. The average Bonchev–Trinajstić information content (AvgIpc) is 3.14. The number of fused-ring (bicyclic) bond motifs is 1. The van der Waals surface area contributed by atoms with E-state index in [1.807, 2.05) is 0 Å². The monoisotopic (exact) mass is 497 g/mol. The smallest absolute Gasteiger partial charge is 0.388 e. The van der Waals surface area contributed by atoms with Gasteiger partial charge in [0.1, 0.15) is 0 Å². The zero-order valence-corrected chi connectivity index (χ0v) is 21.2. The number of rotatable bonds is 4. The number of halogens is 3. The number of aliphatic hydroxyl groups is 3. The lowest BCUT2D eigenvalue weighted by atomic mass is 9.61. The Morgan fingerprint density at radius 2 is 1.71 bits per heavy atom. The van der Waals surface area contributed by atoms with Crippen molar-refractivity contribution in [3.8, 4) is 0 Å². The van der Waals surface area contributed by atoms with Gasteiger partial charge in [0.05, 0.1) is 12.2 Å². The van der Waals surface area contributed by atoms with E-state index in [1.165, 1.54) is 12.0 Å². The molecule has 1 heterocycles. The molecule has 3 saturated carbocycles. The number of nitrogens with zero attached hydrogens (tertiary/aromatic N) is 1. The van der Waals surface area contributed by atoms with Crippen LogP contribution >= 0.6 is 0 Å². The van der Waals surface area contributed by atoms with Gasteiger partial charge in [0, 0.05) is 19.6 Å². The van der Waals surface area contributed by atoms with E-state index in [9.17, 15) is 28.5 Å². The fraction of sp³-hybridized carbons (Fsp3) is 0.786. The summed E-state index contributed by atoms with van der Waals surface area (Å²) in [6.07, 6.45) is 4.64. The maximum atomic E-state index is 13.2. The van der Waals surface area contributed by atoms with E-state index in [0.29, 0.717) is 36.2 Å². The van der Waals surface area contributed by atoms with Crippen molar-refractivity contribution in [3.63, 3.8) is 0 Å². The molecular formula is C28H42F3NO3. The lowest BCUT2D eigenvalue weighted by molar-refractivity contribution is -0.272. The Hall–Kier alpha value is -1.15. The van der Waals surface area contributed by atoms with Gasteiger partial charge in [-0.3, -0.25) is 0 Å². The molecule has 4 fully saturated rings. The fourth-order valence-corrected chi connectivity index (χ4v) is 7.56. The first-order valence-corrected chi connectivity index (χ1v) is 13.3. The standard InChI is InChI=1S/C28H42F3NO3/c1-18(17-32-13-11-27(35,12-14-32)28(29,30)31)22-8-9-23-21(5-4-10-26(22,23)3)7-6-20-15-24(33)19(2)25(34)16-20/h6-7,18,22-25,33-35H,2,4-5,8-17H2,1,3H3/b21-7+/t18?,22-,23+,24-,25-,26-/m1/s1. The fourth-order valence-electron chi connectivity index (χ4n) is 7.56. The zero-order chi connectivity index (χ0) is 25.6. The third-order valence-corrected chi connectivity index (χ3v) is 9.78. The summed E-state index contributed by atoms with van der Waals surface area (Å²) in [5.41, 5.74) is 0.674. The minimum Gasteiger partial charge on any atom is -0.388 e. The highest BCUT2D eigenvalue weighted by Crippen LogP contribution is 2.59. The Balaban J connectivity index is 1.40. The van der Waals surface area contributed by atoms with E-state index in [2.05, 4.69) is 37.5 Å². The van der Waals surface area contributed by atoms with Crippen LogP contribution in [0.1, 0.15) is 71.6 Å². The molecule has 1 aliphatic heterocycles. The summed E-state index contributed by atoms with van der Waals surface area (Å²) in [5.74, 6) is 1.41. The molecule has 3 aliphatic carbocycles. The number of likely N-dealkylation sites (tertiary alicyclic amines) is 1. The molecule has 35 heavy (non-hydrogen) atoms. The summed E-state index contributed by atoms with van der Waals surface area (Å²) in [7, 11) is 0. The molecule has 0 aromatic carbocycles. The molecule has 3 N–H and O–H groups in total. The van der Waals surface area contributed by atoms with Gasteiger partial charge in [0.25, 0.3) is 0 Å². The van der Waals surface area contributed by atoms with Gasteiger partial charge >= 0.3 is 6.18 Å². The summed E-state index contributed by atoms with van der Waals surface area (Å²) in [4.78, 5) is 2.11. The first-order chi connectivity index (χ1) is 16.3. The molecule has 0 aromatic rings. The second-order valence-corrected chi connectivity index (χ2v) is 12.0. The molecule has 198 valence electrons. The summed E-state index contributed by atoms with van der Waals surface area (Å²) in [5, 5.41) is 30.3. The van der Waals surface area contributed by atoms with Crippen molar-refractivity contribution < 1.29 is 28.5 Å². The molecule has 0 amide bonds. The summed E-state index contributed by atoms with van der Waals surface area (Å²) in [6, 6.07) is 0. The van der Waals surface area contributed by atoms with Gasteiger partial charge in [0.15, 0.2) is 5.60 Å². The van der Waals surface area contributed by atoms with Crippen molar-refractivity contribution in [1.82, 2.24) is 4.90 Å². The summed E-state index contributed by atoms with van der Waals surface area (Å²) in [6.45, 7) is 9.80. The van der Waals surface area contributed by atoms with Crippen LogP contribution in [0.3, 0.4) is 0 Å². The lowest BCUT2D eigenvalue weighted by Crippen LogP contribution is -2.54. The molecule has 1 saturated heterocycles. The van der Waals surface area contributed by atoms with Gasteiger partial charge in [-0.15, -0.1) is 0 Å². The van der Waals surface area contributed by atoms with E-state index in [-0.39, 0.29) is 31.3 Å². The van der Waals surface area contributed by atoms with Crippen molar-refractivity contribution in [2.24, 2.45) is 23.2 Å². The molecule has 6 atom stereocenters. The van der Waals surface area contributed by atoms with Crippen molar-refractivity contribution in [3.05, 3.63) is 35.5 Å². The lowest BCUT2D eigenvalue weighted by Gasteiger charge is -2.46. The van der Waals surface area contributed by atoms with Gasteiger partial charge in [0.2, 0.25) is 0 Å². The highest BCUT2D eigenvalue weighted by molar-refractivity contribution is 5.29. The zero-order valence-electron chi connectivity index (χ0n) is 21.2. The van der Waals surface area contributed by atoms with Crippen LogP contribution in [0.5, 0.6) is 0 Å². The van der Waals surface area contributed by atoms with Crippen LogP contribution in [-0.4, -0.2) is 63.8 Å². The number of hydrogen-bond acceptors (Lipinski definition) is 4. The highest BCUT2D eigenvalue weighted by atomic mass is 19.4. The average molecular weight is 498 g/mol. The summed E-state index contributed by atoms with van der Waals surface area (Å²) >= 11 is 0. The molecule has 0 radical (unpaired) electrons. The number of allylic oxidation sites excluding steroid dienone is 3. The second-order valence-electron chi connectivity index (χ2n) is 12.0. The van der Waals surface area contributed by atoms with Crippen LogP contribution in [0, 0.1) is 23.2 Å². The number of hydrogen-bond donors (Lipinski definition) is 3. The Morgan fingerprint density at radius 1 is 1.09 bits per heavy atom. The largest absolute Gasteiger partial charge is 0.417 e. The Morgan fingerprint density at radius 3 is 2.31 bits per heavy atom. The maximum absolute atomic E-state index is 13.2.